The molecule has 0 aliphatic rings. The second-order valence-electron chi connectivity index (χ2n) is 3.37. The van der Waals surface area contributed by atoms with Gasteiger partial charge in [-0.25, -0.2) is 4.79 Å². The summed E-state index contributed by atoms with van der Waals surface area (Å²) >= 11 is 11.4. The van der Waals surface area contributed by atoms with E-state index in [1.807, 2.05) is 27.7 Å². The van der Waals surface area contributed by atoms with Crippen molar-refractivity contribution < 1.29 is 19.1 Å². The zero-order valence-corrected chi connectivity index (χ0v) is 15.0. The molecule has 1 rings (SSSR count). The third kappa shape index (κ3) is 8.15. The molecule has 22 heavy (non-hydrogen) atoms. The fraction of sp³-hybridized carbons (Fsp3) is 0.438. The van der Waals surface area contributed by atoms with Crippen molar-refractivity contribution in [3.63, 3.8) is 0 Å². The molecular formula is C16H22Cl2O4. The molecule has 0 unspecified atom stereocenters. The molecular weight excluding hydrogens is 327 g/mol. The number of carbonyl (C=O) groups excluding carboxylic acids is 3. The highest BCUT2D eigenvalue weighted by Gasteiger charge is 2.20. The third-order valence-electron chi connectivity index (χ3n) is 2.07. The van der Waals surface area contributed by atoms with E-state index < -0.39 is 24.0 Å². The fourth-order valence-corrected chi connectivity index (χ4v) is 1.50. The molecule has 6 heteroatoms. The number of halogens is 2. The summed E-state index contributed by atoms with van der Waals surface area (Å²) in [5.74, 6) is -2.40. The summed E-state index contributed by atoms with van der Waals surface area (Å²) in [4.78, 5) is 34.1. The predicted octanol–water partition coefficient (Wildman–Crippen LogP) is 4.75. The first-order chi connectivity index (χ1) is 10.5. The quantitative estimate of drug-likeness (QED) is 0.333. The van der Waals surface area contributed by atoms with Gasteiger partial charge in [-0.05, 0) is 25.1 Å². The van der Waals surface area contributed by atoms with Gasteiger partial charge in [0.1, 0.15) is 0 Å². The van der Waals surface area contributed by atoms with Crippen LogP contribution in [-0.4, -0.2) is 24.1 Å². The molecule has 124 valence electrons. The van der Waals surface area contributed by atoms with Gasteiger partial charge in [-0.15, -0.1) is 0 Å². The van der Waals surface area contributed by atoms with E-state index in [0.29, 0.717) is 5.02 Å². The number of hydrogen-bond acceptors (Lipinski definition) is 4. The second-order valence-corrected chi connectivity index (χ2v) is 4.19. The maximum absolute atomic E-state index is 11.7. The Balaban J connectivity index is 0. The van der Waals surface area contributed by atoms with E-state index in [2.05, 4.69) is 4.74 Å². The molecule has 0 aromatic heterocycles. The molecule has 1 aromatic carbocycles. The molecule has 0 fully saturated rings. The smallest absolute Gasteiger partial charge is 0.375 e. The molecule has 0 atom stereocenters. The van der Waals surface area contributed by atoms with E-state index >= 15 is 0 Å². The van der Waals surface area contributed by atoms with Gasteiger partial charge in [0.15, 0.2) is 5.78 Å². The van der Waals surface area contributed by atoms with Gasteiger partial charge in [-0.3, -0.25) is 9.59 Å². The maximum atomic E-state index is 11.7. The molecule has 0 radical (unpaired) electrons. The van der Waals surface area contributed by atoms with Gasteiger partial charge in [-0.2, -0.15) is 0 Å². The Morgan fingerprint density at radius 3 is 2.00 bits per heavy atom. The van der Waals surface area contributed by atoms with Crippen LogP contribution in [0.25, 0.3) is 0 Å². The van der Waals surface area contributed by atoms with Crippen LogP contribution in [0.2, 0.25) is 10.0 Å². The number of ether oxygens (including phenoxy) is 1. The molecule has 0 bridgehead atoms. The van der Waals surface area contributed by atoms with Crippen LogP contribution in [0.3, 0.4) is 0 Å². The van der Waals surface area contributed by atoms with Gasteiger partial charge < -0.3 is 4.74 Å². The van der Waals surface area contributed by atoms with Crippen LogP contribution < -0.4 is 0 Å². The normalized spacial score (nSPS) is 8.68. The van der Waals surface area contributed by atoms with Crippen molar-refractivity contribution in [3.05, 3.63) is 33.8 Å². The lowest BCUT2D eigenvalue weighted by atomic mass is 10.1. The zero-order chi connectivity index (χ0) is 17.7. The SMILES string of the molecule is CC.CC.CCOC(=O)C(=O)CC(=O)c1ccc(Cl)c(Cl)c1. The number of hydrogen-bond donors (Lipinski definition) is 0. The lowest BCUT2D eigenvalue weighted by Gasteiger charge is -2.02. The average molecular weight is 349 g/mol. The minimum Gasteiger partial charge on any atom is -0.460 e. The summed E-state index contributed by atoms with van der Waals surface area (Å²) < 4.78 is 4.50. The van der Waals surface area contributed by atoms with Crippen molar-refractivity contribution in [2.24, 2.45) is 0 Å². The van der Waals surface area contributed by atoms with Crippen molar-refractivity contribution in [3.8, 4) is 0 Å². The van der Waals surface area contributed by atoms with Crippen LogP contribution in [0.15, 0.2) is 18.2 Å². The molecule has 0 aliphatic heterocycles. The largest absolute Gasteiger partial charge is 0.460 e. The number of ketones is 2. The Morgan fingerprint density at radius 1 is 1.00 bits per heavy atom. The Kier molecular flexibility index (Phi) is 13.8. The van der Waals surface area contributed by atoms with Crippen LogP contribution in [0.1, 0.15) is 51.4 Å². The number of Topliss-reactive ketones (excluding diaryl/α,β-unsaturated/α-hetero) is 2. The monoisotopic (exact) mass is 348 g/mol. The number of carbonyl (C=O) groups is 3. The van der Waals surface area contributed by atoms with Gasteiger partial charge >= 0.3 is 5.97 Å². The Labute approximate surface area is 141 Å². The van der Waals surface area contributed by atoms with Gasteiger partial charge in [0.25, 0.3) is 0 Å². The molecule has 0 amide bonds. The summed E-state index contributed by atoms with van der Waals surface area (Å²) in [6.07, 6.45) is -0.545. The van der Waals surface area contributed by atoms with Crippen molar-refractivity contribution >= 4 is 40.7 Å². The molecule has 0 saturated heterocycles. The summed E-state index contributed by atoms with van der Waals surface area (Å²) in [6, 6.07) is 4.24. The van der Waals surface area contributed by atoms with E-state index in [1.54, 1.807) is 6.92 Å². The first kappa shape index (κ1) is 22.9. The van der Waals surface area contributed by atoms with Gasteiger partial charge in [0.2, 0.25) is 5.78 Å². The molecule has 0 aliphatic carbocycles. The number of esters is 1. The first-order valence-corrected chi connectivity index (χ1v) is 7.89. The Bertz CT molecular complexity index is 499. The van der Waals surface area contributed by atoms with Crippen LogP contribution in [0.5, 0.6) is 0 Å². The molecule has 0 spiro atoms. The van der Waals surface area contributed by atoms with E-state index in [9.17, 15) is 14.4 Å². The maximum Gasteiger partial charge on any atom is 0.375 e. The summed E-state index contributed by atoms with van der Waals surface area (Å²) in [6.45, 7) is 9.66. The van der Waals surface area contributed by atoms with E-state index in [-0.39, 0.29) is 17.2 Å². The molecule has 0 saturated carbocycles. The van der Waals surface area contributed by atoms with Crippen LogP contribution in [0.4, 0.5) is 0 Å². The summed E-state index contributed by atoms with van der Waals surface area (Å²) in [7, 11) is 0. The molecule has 0 N–H and O–H groups in total. The minimum absolute atomic E-state index is 0.0888. The summed E-state index contributed by atoms with van der Waals surface area (Å²) in [5.41, 5.74) is 0.224. The lowest BCUT2D eigenvalue weighted by Crippen LogP contribution is -2.20. The molecule has 1 aromatic rings. The summed E-state index contributed by atoms with van der Waals surface area (Å²) in [5, 5.41) is 0.524. The van der Waals surface area contributed by atoms with Crippen LogP contribution in [-0.2, 0) is 14.3 Å². The van der Waals surface area contributed by atoms with E-state index in [0.717, 1.165) is 0 Å². The zero-order valence-electron chi connectivity index (χ0n) is 13.5. The Hall–Kier alpha value is -1.39. The molecule has 0 heterocycles. The Morgan fingerprint density at radius 2 is 1.55 bits per heavy atom. The highest BCUT2D eigenvalue weighted by molar-refractivity contribution is 6.42. The third-order valence-corrected chi connectivity index (χ3v) is 2.80. The van der Waals surface area contributed by atoms with Crippen molar-refractivity contribution in [1.82, 2.24) is 0 Å². The average Bonchev–Trinajstić information content (AvgIpc) is 2.54. The van der Waals surface area contributed by atoms with Crippen molar-refractivity contribution in [1.29, 1.82) is 0 Å². The van der Waals surface area contributed by atoms with E-state index in [4.69, 9.17) is 23.2 Å². The second kappa shape index (κ2) is 13.3. The van der Waals surface area contributed by atoms with Gasteiger partial charge in [-0.1, -0.05) is 50.9 Å². The lowest BCUT2D eigenvalue weighted by molar-refractivity contribution is -0.153. The number of benzene rings is 1. The standard InChI is InChI=1S/C12H10Cl2O4.2C2H6/c1-2-18-12(17)11(16)6-10(15)7-3-4-8(13)9(14)5-7;2*1-2/h3-5H,2,6H2,1H3;2*1-2H3. The van der Waals surface area contributed by atoms with Crippen LogP contribution in [0, 0.1) is 0 Å². The van der Waals surface area contributed by atoms with Gasteiger partial charge in [0.05, 0.1) is 23.1 Å². The fourth-order valence-electron chi connectivity index (χ4n) is 1.20. The minimum atomic E-state index is -1.01. The topological polar surface area (TPSA) is 60.4 Å². The first-order valence-electron chi connectivity index (χ1n) is 7.14. The predicted molar refractivity (Wildman–Crippen MR) is 89.7 cm³/mol. The van der Waals surface area contributed by atoms with Crippen molar-refractivity contribution in [2.75, 3.05) is 6.61 Å². The van der Waals surface area contributed by atoms with Crippen molar-refractivity contribution in [2.45, 2.75) is 41.0 Å². The van der Waals surface area contributed by atoms with Gasteiger partial charge in [0, 0.05) is 5.56 Å². The highest BCUT2D eigenvalue weighted by Crippen LogP contribution is 2.23. The highest BCUT2D eigenvalue weighted by atomic mass is 35.5. The van der Waals surface area contributed by atoms with Crippen LogP contribution >= 0.6 is 23.2 Å². The molecule has 4 nitrogen and oxygen atoms in total. The number of rotatable bonds is 5. The van der Waals surface area contributed by atoms with E-state index in [1.165, 1.54) is 18.2 Å².